The number of hydrogen-bond donors (Lipinski definition) is 1. The highest BCUT2D eigenvalue weighted by molar-refractivity contribution is 6.31. The monoisotopic (exact) mass is 345 g/mol. The standard InChI is InChI=1S/C18H16ClNO4/c1-10-13-8-11(19)4-6-15(13)24-17(10)18(21)20-14-9-12(22-2)5-7-16(14)23-3/h4-9H,1-3H3,(H,20,21). The summed E-state index contributed by atoms with van der Waals surface area (Å²) < 4.78 is 16.1. The summed E-state index contributed by atoms with van der Waals surface area (Å²) in [5.74, 6) is 1.00. The number of rotatable bonds is 4. The summed E-state index contributed by atoms with van der Waals surface area (Å²) in [5, 5.41) is 4.20. The average Bonchev–Trinajstić information content (AvgIpc) is 2.91. The maximum Gasteiger partial charge on any atom is 0.291 e. The van der Waals surface area contributed by atoms with Gasteiger partial charge in [-0.05, 0) is 37.3 Å². The number of nitrogens with one attached hydrogen (secondary N) is 1. The molecule has 5 nitrogen and oxygen atoms in total. The van der Waals surface area contributed by atoms with Crippen LogP contribution in [0, 0.1) is 6.92 Å². The number of anilines is 1. The largest absolute Gasteiger partial charge is 0.497 e. The molecule has 1 heterocycles. The molecular weight excluding hydrogens is 330 g/mol. The smallest absolute Gasteiger partial charge is 0.291 e. The van der Waals surface area contributed by atoms with E-state index in [1.807, 2.05) is 6.92 Å². The minimum absolute atomic E-state index is 0.233. The van der Waals surface area contributed by atoms with E-state index in [0.717, 1.165) is 10.9 Å². The summed E-state index contributed by atoms with van der Waals surface area (Å²) in [6, 6.07) is 10.4. The summed E-state index contributed by atoms with van der Waals surface area (Å²) in [4.78, 5) is 12.6. The Kier molecular flexibility index (Phi) is 4.36. The van der Waals surface area contributed by atoms with Crippen molar-refractivity contribution < 1.29 is 18.7 Å². The van der Waals surface area contributed by atoms with E-state index in [1.165, 1.54) is 7.11 Å². The molecule has 1 amide bonds. The third-order valence-corrected chi connectivity index (χ3v) is 3.99. The van der Waals surface area contributed by atoms with E-state index in [0.29, 0.717) is 27.8 Å². The van der Waals surface area contributed by atoms with Crippen molar-refractivity contribution in [1.82, 2.24) is 0 Å². The number of ether oxygens (including phenoxy) is 2. The van der Waals surface area contributed by atoms with Gasteiger partial charge in [-0.1, -0.05) is 11.6 Å². The highest BCUT2D eigenvalue weighted by atomic mass is 35.5. The zero-order valence-electron chi connectivity index (χ0n) is 13.5. The van der Waals surface area contributed by atoms with E-state index in [4.69, 9.17) is 25.5 Å². The van der Waals surface area contributed by atoms with Crippen LogP contribution >= 0.6 is 11.6 Å². The van der Waals surface area contributed by atoms with Crippen LogP contribution in [0.3, 0.4) is 0 Å². The van der Waals surface area contributed by atoms with Crippen LogP contribution in [0.5, 0.6) is 11.5 Å². The van der Waals surface area contributed by atoms with Crippen LogP contribution in [0.2, 0.25) is 5.02 Å². The molecule has 6 heteroatoms. The van der Waals surface area contributed by atoms with Gasteiger partial charge in [-0.25, -0.2) is 0 Å². The van der Waals surface area contributed by atoms with E-state index >= 15 is 0 Å². The lowest BCUT2D eigenvalue weighted by Gasteiger charge is -2.11. The first-order valence-electron chi connectivity index (χ1n) is 7.25. The molecule has 24 heavy (non-hydrogen) atoms. The molecule has 0 fully saturated rings. The average molecular weight is 346 g/mol. The molecule has 0 aliphatic carbocycles. The van der Waals surface area contributed by atoms with Crippen LogP contribution in [-0.2, 0) is 0 Å². The van der Waals surface area contributed by atoms with Crippen LogP contribution in [0.4, 0.5) is 5.69 Å². The van der Waals surface area contributed by atoms with Crippen molar-refractivity contribution in [1.29, 1.82) is 0 Å². The molecule has 0 saturated heterocycles. The summed E-state index contributed by atoms with van der Waals surface area (Å²) in [5.41, 5.74) is 1.84. The molecular formula is C18H16ClNO4. The van der Waals surface area contributed by atoms with E-state index in [9.17, 15) is 4.79 Å². The lowest BCUT2D eigenvalue weighted by Crippen LogP contribution is -2.13. The number of carbonyl (C=O) groups is 1. The van der Waals surface area contributed by atoms with Gasteiger partial charge in [0.15, 0.2) is 5.76 Å². The fourth-order valence-corrected chi connectivity index (χ4v) is 2.67. The number of carbonyl (C=O) groups excluding carboxylic acids is 1. The third-order valence-electron chi connectivity index (χ3n) is 3.76. The molecule has 0 atom stereocenters. The molecule has 0 radical (unpaired) electrons. The molecule has 0 aliphatic rings. The van der Waals surface area contributed by atoms with Crippen molar-refractivity contribution in [3.8, 4) is 11.5 Å². The van der Waals surface area contributed by atoms with Gasteiger partial charge >= 0.3 is 0 Å². The van der Waals surface area contributed by atoms with Crippen LogP contribution in [0.15, 0.2) is 40.8 Å². The van der Waals surface area contributed by atoms with Gasteiger partial charge in [-0.15, -0.1) is 0 Å². The minimum atomic E-state index is -0.369. The van der Waals surface area contributed by atoms with E-state index < -0.39 is 0 Å². The highest BCUT2D eigenvalue weighted by Gasteiger charge is 2.19. The Labute approximate surface area is 144 Å². The molecule has 0 saturated carbocycles. The van der Waals surface area contributed by atoms with Crippen molar-refractivity contribution >= 4 is 34.2 Å². The Bertz CT molecular complexity index is 917. The molecule has 0 unspecified atom stereocenters. The number of fused-ring (bicyclic) bond motifs is 1. The Hall–Kier alpha value is -2.66. The molecule has 0 aliphatic heterocycles. The molecule has 3 rings (SSSR count). The SMILES string of the molecule is COc1ccc(OC)c(NC(=O)c2oc3ccc(Cl)cc3c2C)c1. The maximum atomic E-state index is 12.6. The number of aryl methyl sites for hydroxylation is 1. The second kappa shape index (κ2) is 6.45. The summed E-state index contributed by atoms with van der Waals surface area (Å²) in [6.45, 7) is 1.82. The molecule has 3 aromatic rings. The predicted octanol–water partition coefficient (Wildman–Crippen LogP) is 4.66. The first-order valence-corrected chi connectivity index (χ1v) is 7.63. The van der Waals surface area contributed by atoms with Crippen molar-refractivity contribution in [3.05, 3.63) is 52.7 Å². The number of amides is 1. The quantitative estimate of drug-likeness (QED) is 0.746. The normalized spacial score (nSPS) is 10.7. The van der Waals surface area contributed by atoms with Gasteiger partial charge in [0.1, 0.15) is 17.1 Å². The van der Waals surface area contributed by atoms with Gasteiger partial charge in [0.25, 0.3) is 5.91 Å². The summed E-state index contributed by atoms with van der Waals surface area (Å²) in [7, 11) is 3.09. The van der Waals surface area contributed by atoms with Crippen molar-refractivity contribution in [2.75, 3.05) is 19.5 Å². The van der Waals surface area contributed by atoms with Gasteiger partial charge in [0.2, 0.25) is 0 Å². The van der Waals surface area contributed by atoms with Crippen LogP contribution in [0.1, 0.15) is 16.1 Å². The predicted molar refractivity (Wildman–Crippen MR) is 93.5 cm³/mol. The molecule has 1 aromatic heterocycles. The Balaban J connectivity index is 1.97. The number of furan rings is 1. The fraction of sp³-hybridized carbons (Fsp3) is 0.167. The van der Waals surface area contributed by atoms with Crippen molar-refractivity contribution in [3.63, 3.8) is 0 Å². The number of benzene rings is 2. The van der Waals surface area contributed by atoms with E-state index in [-0.39, 0.29) is 11.7 Å². The highest BCUT2D eigenvalue weighted by Crippen LogP contribution is 2.31. The fourth-order valence-electron chi connectivity index (χ4n) is 2.50. The number of halogens is 1. The summed E-state index contributed by atoms with van der Waals surface area (Å²) >= 11 is 6.01. The second-order valence-electron chi connectivity index (χ2n) is 5.22. The lowest BCUT2D eigenvalue weighted by molar-refractivity contribution is 0.0997. The summed E-state index contributed by atoms with van der Waals surface area (Å²) in [6.07, 6.45) is 0. The van der Waals surface area contributed by atoms with Gasteiger partial charge in [-0.2, -0.15) is 0 Å². The van der Waals surface area contributed by atoms with Crippen LogP contribution < -0.4 is 14.8 Å². The Morgan fingerprint density at radius 2 is 1.92 bits per heavy atom. The third kappa shape index (κ3) is 2.90. The van der Waals surface area contributed by atoms with Crippen LogP contribution in [0.25, 0.3) is 11.0 Å². The number of hydrogen-bond acceptors (Lipinski definition) is 4. The minimum Gasteiger partial charge on any atom is -0.497 e. The molecule has 124 valence electrons. The molecule has 2 aromatic carbocycles. The van der Waals surface area contributed by atoms with E-state index in [2.05, 4.69) is 5.32 Å². The topological polar surface area (TPSA) is 60.7 Å². The molecule has 0 spiro atoms. The van der Waals surface area contributed by atoms with Gasteiger partial charge in [-0.3, -0.25) is 4.79 Å². The first-order chi connectivity index (χ1) is 11.5. The number of methoxy groups -OCH3 is 2. The first kappa shape index (κ1) is 16.2. The Morgan fingerprint density at radius 1 is 1.12 bits per heavy atom. The maximum absolute atomic E-state index is 12.6. The van der Waals surface area contributed by atoms with Gasteiger partial charge in [0, 0.05) is 22.0 Å². The van der Waals surface area contributed by atoms with Crippen LogP contribution in [-0.4, -0.2) is 20.1 Å². The zero-order chi connectivity index (χ0) is 17.3. The van der Waals surface area contributed by atoms with Crippen molar-refractivity contribution in [2.24, 2.45) is 0 Å². The second-order valence-corrected chi connectivity index (χ2v) is 5.65. The van der Waals surface area contributed by atoms with Gasteiger partial charge in [0.05, 0.1) is 19.9 Å². The lowest BCUT2D eigenvalue weighted by atomic mass is 10.1. The Morgan fingerprint density at radius 3 is 2.62 bits per heavy atom. The molecule has 0 bridgehead atoms. The molecule has 1 N–H and O–H groups in total. The zero-order valence-corrected chi connectivity index (χ0v) is 14.2. The van der Waals surface area contributed by atoms with Crippen molar-refractivity contribution in [2.45, 2.75) is 6.92 Å². The van der Waals surface area contributed by atoms with E-state index in [1.54, 1.807) is 43.5 Å². The van der Waals surface area contributed by atoms with Gasteiger partial charge < -0.3 is 19.2 Å².